The molecule has 7 nitrogen and oxygen atoms in total. The summed E-state index contributed by atoms with van der Waals surface area (Å²) >= 11 is 0. The molecule has 25 heavy (non-hydrogen) atoms. The summed E-state index contributed by atoms with van der Waals surface area (Å²) in [5.41, 5.74) is 0.705. The van der Waals surface area contributed by atoms with E-state index in [4.69, 9.17) is 9.26 Å². The topological polar surface area (TPSA) is 89.3 Å². The molecule has 2 aromatic rings. The van der Waals surface area contributed by atoms with Crippen LogP contribution in [0.4, 0.5) is 10.5 Å². The largest absolute Gasteiger partial charge is 0.485 e. The highest BCUT2D eigenvalue weighted by atomic mass is 16.5. The van der Waals surface area contributed by atoms with Gasteiger partial charge in [-0.25, -0.2) is 4.79 Å². The molecule has 1 aromatic heterocycles. The van der Waals surface area contributed by atoms with Crippen LogP contribution in [0.2, 0.25) is 0 Å². The maximum absolute atomic E-state index is 11.9. The number of urea groups is 1. The summed E-state index contributed by atoms with van der Waals surface area (Å²) in [7, 11) is 0. The SMILES string of the molecule is CC(C)C(C)NC(=O)Nc1ccc(OCc2noc(C3CC3)n2)cc1. The van der Waals surface area contributed by atoms with Crippen LogP contribution in [0, 0.1) is 5.92 Å². The Kier molecular flexibility index (Phi) is 5.21. The average Bonchev–Trinajstić information content (AvgIpc) is 3.32. The monoisotopic (exact) mass is 344 g/mol. The van der Waals surface area contributed by atoms with E-state index < -0.39 is 0 Å². The molecule has 1 unspecified atom stereocenters. The normalized spacial score (nSPS) is 15.0. The van der Waals surface area contributed by atoms with Crippen molar-refractivity contribution in [3.63, 3.8) is 0 Å². The maximum Gasteiger partial charge on any atom is 0.319 e. The molecule has 0 spiro atoms. The minimum absolute atomic E-state index is 0.109. The zero-order valence-corrected chi connectivity index (χ0v) is 14.8. The van der Waals surface area contributed by atoms with Crippen LogP contribution in [0.1, 0.15) is 51.2 Å². The van der Waals surface area contributed by atoms with Crippen LogP contribution in [0.25, 0.3) is 0 Å². The number of ether oxygens (including phenoxy) is 1. The second-order valence-electron chi connectivity index (χ2n) is 6.77. The van der Waals surface area contributed by atoms with Crippen LogP contribution in [-0.2, 0) is 6.61 Å². The highest BCUT2D eigenvalue weighted by Crippen LogP contribution is 2.38. The lowest BCUT2D eigenvalue weighted by molar-refractivity contribution is 0.246. The van der Waals surface area contributed by atoms with Gasteiger partial charge in [-0.15, -0.1) is 0 Å². The van der Waals surface area contributed by atoms with Gasteiger partial charge in [0, 0.05) is 17.6 Å². The molecule has 1 saturated carbocycles. The van der Waals surface area contributed by atoms with E-state index in [1.807, 2.05) is 6.92 Å². The van der Waals surface area contributed by atoms with Gasteiger partial charge in [0.05, 0.1) is 0 Å². The first-order valence-electron chi connectivity index (χ1n) is 8.64. The van der Waals surface area contributed by atoms with E-state index in [9.17, 15) is 4.79 Å². The van der Waals surface area contributed by atoms with Gasteiger partial charge in [0.1, 0.15) is 5.75 Å². The van der Waals surface area contributed by atoms with Crippen LogP contribution in [0.3, 0.4) is 0 Å². The fourth-order valence-electron chi connectivity index (χ4n) is 2.15. The molecule has 1 heterocycles. The molecular formula is C18H24N4O3. The highest BCUT2D eigenvalue weighted by Gasteiger charge is 2.29. The molecule has 1 fully saturated rings. The lowest BCUT2D eigenvalue weighted by Crippen LogP contribution is -2.38. The number of nitrogens with one attached hydrogen (secondary N) is 2. The fraction of sp³-hybridized carbons (Fsp3) is 0.500. The van der Waals surface area contributed by atoms with E-state index in [1.54, 1.807) is 24.3 Å². The summed E-state index contributed by atoms with van der Waals surface area (Å²) in [5, 5.41) is 9.62. The highest BCUT2D eigenvalue weighted by molar-refractivity contribution is 5.89. The van der Waals surface area contributed by atoms with E-state index >= 15 is 0 Å². The van der Waals surface area contributed by atoms with Crippen molar-refractivity contribution in [3.05, 3.63) is 36.0 Å². The molecule has 0 saturated heterocycles. The first-order valence-corrected chi connectivity index (χ1v) is 8.64. The number of anilines is 1. The minimum atomic E-state index is -0.214. The Hall–Kier alpha value is -2.57. The summed E-state index contributed by atoms with van der Waals surface area (Å²) in [5.74, 6) is 2.76. The van der Waals surface area contributed by atoms with Crippen LogP contribution in [0.15, 0.2) is 28.8 Å². The summed E-state index contributed by atoms with van der Waals surface area (Å²) in [4.78, 5) is 16.2. The van der Waals surface area contributed by atoms with E-state index in [2.05, 4.69) is 34.6 Å². The summed E-state index contributed by atoms with van der Waals surface area (Å²) in [6, 6.07) is 7.07. The van der Waals surface area contributed by atoms with Gasteiger partial charge in [-0.1, -0.05) is 19.0 Å². The van der Waals surface area contributed by atoms with Crippen LogP contribution in [-0.4, -0.2) is 22.2 Å². The number of carbonyl (C=O) groups excluding carboxylic acids is 1. The Morgan fingerprint density at radius 3 is 2.64 bits per heavy atom. The lowest BCUT2D eigenvalue weighted by atomic mass is 10.1. The first-order chi connectivity index (χ1) is 12.0. The number of rotatable bonds is 7. The van der Waals surface area contributed by atoms with Gasteiger partial charge >= 0.3 is 6.03 Å². The quantitative estimate of drug-likeness (QED) is 0.799. The first kappa shape index (κ1) is 17.3. The fourth-order valence-corrected chi connectivity index (χ4v) is 2.15. The Balaban J connectivity index is 1.47. The Morgan fingerprint density at radius 1 is 1.28 bits per heavy atom. The average molecular weight is 344 g/mol. The molecule has 1 aromatic carbocycles. The van der Waals surface area contributed by atoms with Crippen molar-refractivity contribution in [1.29, 1.82) is 0 Å². The number of nitrogens with zero attached hydrogens (tertiary/aromatic N) is 2. The molecule has 1 atom stereocenters. The second kappa shape index (κ2) is 7.55. The zero-order valence-electron chi connectivity index (χ0n) is 14.8. The summed E-state index contributed by atoms with van der Waals surface area (Å²) < 4.78 is 10.8. The lowest BCUT2D eigenvalue weighted by Gasteiger charge is -2.17. The van der Waals surface area contributed by atoms with Gasteiger partial charge in [0.15, 0.2) is 6.61 Å². The third kappa shape index (κ3) is 4.95. The molecule has 0 radical (unpaired) electrons. The maximum atomic E-state index is 11.9. The Labute approximate surface area is 147 Å². The van der Waals surface area contributed by atoms with E-state index in [1.165, 1.54) is 0 Å². The number of amides is 2. The molecule has 2 amide bonds. The number of aromatic nitrogens is 2. The molecule has 3 rings (SSSR count). The number of hydrogen-bond acceptors (Lipinski definition) is 5. The van der Waals surface area contributed by atoms with Gasteiger partial charge in [-0.3, -0.25) is 0 Å². The molecule has 134 valence electrons. The van der Waals surface area contributed by atoms with Crippen LogP contribution in [0.5, 0.6) is 5.75 Å². The van der Waals surface area contributed by atoms with E-state index in [-0.39, 0.29) is 18.7 Å². The molecule has 1 aliphatic carbocycles. The van der Waals surface area contributed by atoms with Crippen molar-refractivity contribution >= 4 is 11.7 Å². The van der Waals surface area contributed by atoms with Crippen molar-refractivity contribution in [2.24, 2.45) is 5.92 Å². The predicted molar refractivity (Wildman–Crippen MR) is 93.5 cm³/mol. The minimum Gasteiger partial charge on any atom is -0.485 e. The smallest absolute Gasteiger partial charge is 0.319 e. The molecule has 0 bridgehead atoms. The Bertz CT molecular complexity index is 707. The third-order valence-electron chi connectivity index (χ3n) is 4.25. The van der Waals surface area contributed by atoms with Crippen LogP contribution >= 0.6 is 0 Å². The standard InChI is InChI=1S/C18H24N4O3/c1-11(2)12(3)19-18(23)20-14-6-8-15(9-7-14)24-10-16-21-17(25-22-16)13-4-5-13/h6-9,11-13H,4-5,10H2,1-3H3,(H2,19,20,23). The second-order valence-corrected chi connectivity index (χ2v) is 6.77. The number of carbonyl (C=O) groups is 1. The zero-order chi connectivity index (χ0) is 17.8. The third-order valence-corrected chi connectivity index (χ3v) is 4.25. The number of benzene rings is 1. The van der Waals surface area contributed by atoms with Gasteiger partial charge in [0.2, 0.25) is 11.7 Å². The van der Waals surface area contributed by atoms with Gasteiger partial charge in [0.25, 0.3) is 0 Å². The summed E-state index contributed by atoms with van der Waals surface area (Å²) in [6.45, 7) is 6.37. The molecule has 7 heteroatoms. The number of hydrogen-bond donors (Lipinski definition) is 2. The van der Waals surface area contributed by atoms with E-state index in [0.29, 0.717) is 35.0 Å². The van der Waals surface area contributed by atoms with Crippen LogP contribution < -0.4 is 15.4 Å². The van der Waals surface area contributed by atoms with Crippen molar-refractivity contribution in [2.75, 3.05) is 5.32 Å². The van der Waals surface area contributed by atoms with Gasteiger partial charge in [-0.2, -0.15) is 4.98 Å². The van der Waals surface area contributed by atoms with Gasteiger partial charge < -0.3 is 19.9 Å². The predicted octanol–water partition coefficient (Wildman–Crippen LogP) is 3.69. The van der Waals surface area contributed by atoms with Crippen molar-refractivity contribution in [3.8, 4) is 5.75 Å². The Morgan fingerprint density at radius 2 is 2.00 bits per heavy atom. The van der Waals surface area contributed by atoms with Crippen molar-refractivity contribution < 1.29 is 14.1 Å². The molecule has 0 aliphatic heterocycles. The van der Waals surface area contributed by atoms with Gasteiger partial charge in [-0.05, 0) is 49.9 Å². The summed E-state index contributed by atoms with van der Waals surface area (Å²) in [6.07, 6.45) is 2.25. The van der Waals surface area contributed by atoms with Crippen molar-refractivity contribution in [2.45, 2.75) is 52.2 Å². The molecular weight excluding hydrogens is 320 g/mol. The van der Waals surface area contributed by atoms with Crippen molar-refractivity contribution in [1.82, 2.24) is 15.5 Å². The van der Waals surface area contributed by atoms with E-state index in [0.717, 1.165) is 12.8 Å². The molecule has 2 N–H and O–H groups in total. The molecule has 1 aliphatic rings.